The lowest BCUT2D eigenvalue weighted by Crippen LogP contribution is -2.42. The third kappa shape index (κ3) is 3.28. The first-order chi connectivity index (χ1) is 12.6. The van der Waals surface area contributed by atoms with Crippen LogP contribution in [-0.4, -0.2) is 59.8 Å². The van der Waals surface area contributed by atoms with Gasteiger partial charge in [0.15, 0.2) is 5.78 Å². The number of hydrogen-bond donors (Lipinski definition) is 1. The van der Waals surface area contributed by atoms with Crippen LogP contribution in [0.1, 0.15) is 23.2 Å². The average Bonchev–Trinajstić information content (AvgIpc) is 3.28. The summed E-state index contributed by atoms with van der Waals surface area (Å²) >= 11 is 0. The van der Waals surface area contributed by atoms with E-state index in [0.29, 0.717) is 24.3 Å². The molecule has 0 saturated carbocycles. The van der Waals surface area contributed by atoms with Gasteiger partial charge in [0.05, 0.1) is 30.6 Å². The summed E-state index contributed by atoms with van der Waals surface area (Å²) in [5.41, 5.74) is 7.22. The maximum atomic E-state index is 12.9. The highest BCUT2D eigenvalue weighted by atomic mass is 16.5. The van der Waals surface area contributed by atoms with Crippen molar-refractivity contribution in [2.45, 2.75) is 18.9 Å². The second kappa shape index (κ2) is 7.57. The quantitative estimate of drug-likeness (QED) is 0.781. The van der Waals surface area contributed by atoms with Crippen molar-refractivity contribution in [3.63, 3.8) is 0 Å². The van der Waals surface area contributed by atoms with Gasteiger partial charge in [-0.2, -0.15) is 5.10 Å². The molecule has 3 rings (SSSR count). The van der Waals surface area contributed by atoms with Gasteiger partial charge in [0, 0.05) is 13.7 Å². The Balaban J connectivity index is 1.84. The van der Waals surface area contributed by atoms with Gasteiger partial charge in [0.25, 0.3) is 0 Å². The fraction of sp³-hybridized carbons (Fsp3) is 0.389. The predicted octanol–water partition coefficient (Wildman–Crippen LogP) is 1.28. The molecule has 0 spiro atoms. The second-order valence-electron chi connectivity index (χ2n) is 6.10. The number of rotatable bonds is 6. The van der Waals surface area contributed by atoms with Gasteiger partial charge in [-0.1, -0.05) is 0 Å². The Labute approximate surface area is 151 Å². The zero-order valence-corrected chi connectivity index (χ0v) is 14.8. The average molecular weight is 358 g/mol. The highest BCUT2D eigenvalue weighted by Gasteiger charge is 2.36. The molecule has 2 aromatic rings. The smallest absolute Gasteiger partial charge is 0.249 e. The first-order valence-electron chi connectivity index (χ1n) is 8.37. The number of hydrogen-bond acceptors (Lipinski definition) is 6. The summed E-state index contributed by atoms with van der Waals surface area (Å²) in [6.07, 6.45) is 2.85. The van der Waals surface area contributed by atoms with Gasteiger partial charge in [0.2, 0.25) is 5.91 Å². The number of anilines is 1. The van der Waals surface area contributed by atoms with Gasteiger partial charge < -0.3 is 20.1 Å². The molecular formula is C18H22N4O4. The molecule has 1 aromatic carbocycles. The third-order valence-corrected chi connectivity index (χ3v) is 4.53. The number of nitrogens with zero attached hydrogens (tertiary/aromatic N) is 3. The van der Waals surface area contributed by atoms with E-state index in [4.69, 9.17) is 15.2 Å². The molecule has 1 aromatic heterocycles. The van der Waals surface area contributed by atoms with Crippen molar-refractivity contribution in [3.8, 4) is 11.4 Å². The number of methoxy groups -OCH3 is 2. The van der Waals surface area contributed by atoms with Crippen LogP contribution >= 0.6 is 0 Å². The number of aromatic nitrogens is 2. The Morgan fingerprint density at radius 3 is 2.65 bits per heavy atom. The number of Topliss-reactive ketones (excluding diaryl/α,β-unsaturated/α-hetero) is 1. The second-order valence-corrected chi connectivity index (χ2v) is 6.10. The van der Waals surface area contributed by atoms with E-state index in [1.165, 1.54) is 18.0 Å². The zero-order valence-electron chi connectivity index (χ0n) is 14.8. The Morgan fingerprint density at radius 1 is 1.27 bits per heavy atom. The lowest BCUT2D eigenvalue weighted by atomic mass is 10.0. The first-order valence-corrected chi connectivity index (χ1v) is 8.37. The number of benzene rings is 1. The molecule has 1 aliphatic rings. The monoisotopic (exact) mass is 358 g/mol. The van der Waals surface area contributed by atoms with Gasteiger partial charge in [0.1, 0.15) is 18.2 Å². The van der Waals surface area contributed by atoms with Gasteiger partial charge in [-0.3, -0.25) is 9.59 Å². The van der Waals surface area contributed by atoms with Crippen LogP contribution in [0.15, 0.2) is 30.5 Å². The van der Waals surface area contributed by atoms with Crippen molar-refractivity contribution in [2.75, 3.05) is 33.1 Å². The number of likely N-dealkylation sites (tertiary alicyclic amines) is 1. The van der Waals surface area contributed by atoms with Crippen molar-refractivity contribution in [3.05, 3.63) is 36.0 Å². The first kappa shape index (κ1) is 17.9. The molecule has 2 heterocycles. The van der Waals surface area contributed by atoms with Crippen molar-refractivity contribution in [1.82, 2.24) is 14.7 Å². The van der Waals surface area contributed by atoms with E-state index in [0.717, 1.165) is 12.1 Å². The highest BCUT2D eigenvalue weighted by molar-refractivity contribution is 6.05. The molecule has 0 unspecified atom stereocenters. The largest absolute Gasteiger partial charge is 0.497 e. The van der Waals surface area contributed by atoms with Crippen LogP contribution in [0, 0.1) is 0 Å². The van der Waals surface area contributed by atoms with Gasteiger partial charge in [-0.15, -0.1) is 0 Å². The lowest BCUT2D eigenvalue weighted by Gasteiger charge is -2.23. The van der Waals surface area contributed by atoms with Crippen LogP contribution in [-0.2, 0) is 9.53 Å². The van der Waals surface area contributed by atoms with Crippen LogP contribution in [0.4, 0.5) is 5.82 Å². The highest BCUT2D eigenvalue weighted by Crippen LogP contribution is 2.26. The normalized spacial score (nSPS) is 16.7. The Bertz CT molecular complexity index is 800. The lowest BCUT2D eigenvalue weighted by molar-refractivity contribution is -0.135. The molecular weight excluding hydrogens is 336 g/mol. The van der Waals surface area contributed by atoms with Crippen molar-refractivity contribution in [2.24, 2.45) is 0 Å². The summed E-state index contributed by atoms with van der Waals surface area (Å²) < 4.78 is 11.5. The molecule has 1 amide bonds. The summed E-state index contributed by atoms with van der Waals surface area (Å²) in [7, 11) is 3.05. The fourth-order valence-corrected chi connectivity index (χ4v) is 3.20. The zero-order chi connectivity index (χ0) is 18.7. The number of ether oxygens (including phenoxy) is 2. The van der Waals surface area contributed by atoms with Gasteiger partial charge >= 0.3 is 0 Å². The van der Waals surface area contributed by atoms with Crippen LogP contribution in [0.5, 0.6) is 5.75 Å². The Kier molecular flexibility index (Phi) is 5.22. The number of carbonyl (C=O) groups is 2. The molecule has 1 fully saturated rings. The topological polar surface area (TPSA) is 99.7 Å². The van der Waals surface area contributed by atoms with E-state index in [9.17, 15) is 9.59 Å². The van der Waals surface area contributed by atoms with Gasteiger partial charge in [-0.05, 0) is 37.1 Å². The summed E-state index contributed by atoms with van der Waals surface area (Å²) in [5.74, 6) is 0.592. The maximum Gasteiger partial charge on any atom is 0.249 e. The SMILES string of the molecule is COCC(=O)N1CCC[C@H]1C(=O)c1cnn(-c2ccc(OC)cc2)c1N. The van der Waals surface area contributed by atoms with Crippen molar-refractivity contribution < 1.29 is 19.1 Å². The summed E-state index contributed by atoms with van der Waals surface area (Å²) in [5, 5.41) is 4.24. The maximum absolute atomic E-state index is 12.9. The van der Waals surface area contributed by atoms with Crippen LogP contribution < -0.4 is 10.5 Å². The summed E-state index contributed by atoms with van der Waals surface area (Å²) in [4.78, 5) is 26.7. The minimum atomic E-state index is -0.520. The molecule has 1 aliphatic heterocycles. The number of nitrogen functional groups attached to an aromatic ring is 1. The summed E-state index contributed by atoms with van der Waals surface area (Å²) in [6, 6.07) is 6.68. The van der Waals surface area contributed by atoms with Crippen LogP contribution in [0.25, 0.3) is 5.69 Å². The number of nitrogens with two attached hydrogens (primary N) is 1. The standard InChI is InChI=1S/C18H22N4O4/c1-25-11-16(23)21-9-3-4-15(21)17(24)14-10-20-22(18(14)19)12-5-7-13(26-2)8-6-12/h5-8,10,15H,3-4,9,11,19H2,1-2H3/t15-/m0/s1. The molecule has 2 N–H and O–H groups in total. The number of ketones is 1. The fourth-order valence-electron chi connectivity index (χ4n) is 3.20. The Hall–Kier alpha value is -2.87. The van der Waals surface area contributed by atoms with E-state index in [1.54, 1.807) is 36.3 Å². The molecule has 1 saturated heterocycles. The molecule has 8 nitrogen and oxygen atoms in total. The molecule has 0 radical (unpaired) electrons. The predicted molar refractivity (Wildman–Crippen MR) is 95.5 cm³/mol. The van der Waals surface area contributed by atoms with E-state index in [1.807, 2.05) is 0 Å². The number of carbonyl (C=O) groups excluding carboxylic acids is 2. The van der Waals surface area contributed by atoms with E-state index in [-0.39, 0.29) is 24.1 Å². The molecule has 8 heteroatoms. The Morgan fingerprint density at radius 2 is 2.00 bits per heavy atom. The molecule has 26 heavy (non-hydrogen) atoms. The third-order valence-electron chi connectivity index (χ3n) is 4.53. The van der Waals surface area contributed by atoms with E-state index < -0.39 is 6.04 Å². The van der Waals surface area contributed by atoms with Crippen LogP contribution in [0.3, 0.4) is 0 Å². The minimum absolute atomic E-state index is 0.0373. The molecule has 0 bridgehead atoms. The van der Waals surface area contributed by atoms with Crippen molar-refractivity contribution >= 4 is 17.5 Å². The summed E-state index contributed by atoms with van der Waals surface area (Å²) in [6.45, 7) is 0.509. The number of amides is 1. The van der Waals surface area contributed by atoms with Crippen LogP contribution in [0.2, 0.25) is 0 Å². The minimum Gasteiger partial charge on any atom is -0.497 e. The van der Waals surface area contributed by atoms with Crippen molar-refractivity contribution in [1.29, 1.82) is 0 Å². The molecule has 138 valence electrons. The molecule has 1 atom stereocenters. The van der Waals surface area contributed by atoms with E-state index in [2.05, 4.69) is 5.10 Å². The van der Waals surface area contributed by atoms with E-state index >= 15 is 0 Å². The molecule has 0 aliphatic carbocycles. The van der Waals surface area contributed by atoms with Gasteiger partial charge in [-0.25, -0.2) is 4.68 Å².